The van der Waals surface area contributed by atoms with Crippen LogP contribution < -0.4 is 0 Å². The van der Waals surface area contributed by atoms with Crippen molar-refractivity contribution >= 4 is 17.9 Å². The molecule has 0 aromatic rings. The van der Waals surface area contributed by atoms with Crippen molar-refractivity contribution in [2.75, 3.05) is 13.2 Å². The molecule has 67 heavy (non-hydrogen) atoms. The molecule has 0 aromatic heterocycles. The van der Waals surface area contributed by atoms with Gasteiger partial charge in [-0.15, -0.1) is 0 Å². The van der Waals surface area contributed by atoms with Gasteiger partial charge in [0.1, 0.15) is 13.2 Å². The molecule has 0 aromatic carbocycles. The van der Waals surface area contributed by atoms with E-state index in [-0.39, 0.29) is 44.0 Å². The second kappa shape index (κ2) is 54.2. The maximum atomic E-state index is 12.8. The standard InChI is InChI=1S/C61H96O6/c1-4-7-10-13-16-19-22-25-28-30-33-36-39-42-45-48-51-54-60(63)66-57-58(56-65-59(62)53-50-47-44-41-38-35-32-27-24-21-18-15-12-9-6-3)67-61(64)55-52-49-46-43-40-37-34-31-29-26-23-20-17-14-11-8-5-2/h9,12,16-21,25-29,32-34,36-38,41,43,46,58H,4-8,10-11,13-15,22-24,30-31,35,39-40,42,44-45,47-57H2,1-3H3/b12-9-,19-16-,20-17-,21-18-,28-25-,29-26-,32-27-,36-33-,37-34-,41-38-,46-43-/t58-/m1/s1. The van der Waals surface area contributed by atoms with Crippen LogP contribution in [0.4, 0.5) is 0 Å². The monoisotopic (exact) mass is 925 g/mol. The molecule has 0 radical (unpaired) electrons. The van der Waals surface area contributed by atoms with Crippen molar-refractivity contribution in [3.05, 3.63) is 134 Å². The Bertz CT molecular complexity index is 1480. The van der Waals surface area contributed by atoms with Crippen molar-refractivity contribution < 1.29 is 28.6 Å². The van der Waals surface area contributed by atoms with Gasteiger partial charge in [-0.05, 0) is 135 Å². The summed E-state index contributed by atoms with van der Waals surface area (Å²) in [7, 11) is 0. The van der Waals surface area contributed by atoms with Crippen molar-refractivity contribution in [3.8, 4) is 0 Å². The van der Waals surface area contributed by atoms with Gasteiger partial charge in [-0.1, -0.05) is 193 Å². The molecule has 0 saturated carbocycles. The fourth-order valence-electron chi connectivity index (χ4n) is 6.61. The van der Waals surface area contributed by atoms with Crippen molar-refractivity contribution in [3.63, 3.8) is 0 Å². The Morgan fingerprint density at radius 2 is 0.597 bits per heavy atom. The van der Waals surface area contributed by atoms with E-state index in [1.807, 2.05) is 0 Å². The predicted molar refractivity (Wildman–Crippen MR) is 288 cm³/mol. The molecule has 0 heterocycles. The smallest absolute Gasteiger partial charge is 0.306 e. The van der Waals surface area contributed by atoms with Gasteiger partial charge in [0.05, 0.1) is 0 Å². The van der Waals surface area contributed by atoms with Crippen LogP contribution in [0.25, 0.3) is 0 Å². The first-order valence-electron chi connectivity index (χ1n) is 26.7. The third-order valence-corrected chi connectivity index (χ3v) is 10.6. The average molecular weight is 925 g/mol. The summed E-state index contributed by atoms with van der Waals surface area (Å²) in [6, 6.07) is 0. The van der Waals surface area contributed by atoms with Crippen molar-refractivity contribution in [2.45, 2.75) is 219 Å². The van der Waals surface area contributed by atoms with Gasteiger partial charge in [0.15, 0.2) is 6.10 Å². The highest BCUT2D eigenvalue weighted by molar-refractivity contribution is 5.71. The van der Waals surface area contributed by atoms with Gasteiger partial charge in [-0.25, -0.2) is 0 Å². The van der Waals surface area contributed by atoms with E-state index < -0.39 is 6.10 Å². The number of unbranched alkanes of at least 4 members (excludes halogenated alkanes) is 13. The number of hydrogen-bond donors (Lipinski definition) is 0. The summed E-state index contributed by atoms with van der Waals surface area (Å²) in [5.74, 6) is -1.06. The Morgan fingerprint density at radius 3 is 0.970 bits per heavy atom. The number of ether oxygens (including phenoxy) is 3. The Morgan fingerprint density at radius 1 is 0.313 bits per heavy atom. The Balaban J connectivity index is 4.61. The van der Waals surface area contributed by atoms with Gasteiger partial charge in [0.2, 0.25) is 0 Å². The van der Waals surface area contributed by atoms with Gasteiger partial charge in [0.25, 0.3) is 0 Å². The lowest BCUT2D eigenvalue weighted by atomic mass is 10.1. The second-order valence-electron chi connectivity index (χ2n) is 17.0. The number of rotatable bonds is 46. The summed E-state index contributed by atoms with van der Waals surface area (Å²) >= 11 is 0. The quantitative estimate of drug-likeness (QED) is 0.0262. The first-order valence-corrected chi connectivity index (χ1v) is 26.7. The first kappa shape index (κ1) is 62.5. The molecule has 0 spiro atoms. The molecule has 0 bridgehead atoms. The topological polar surface area (TPSA) is 78.9 Å². The summed E-state index contributed by atoms with van der Waals surface area (Å²) in [6.45, 7) is 6.34. The predicted octanol–water partition coefficient (Wildman–Crippen LogP) is 17.9. The Labute approximate surface area is 411 Å². The maximum absolute atomic E-state index is 12.8. The number of allylic oxidation sites excluding steroid dienone is 22. The summed E-state index contributed by atoms with van der Waals surface area (Å²) in [5.41, 5.74) is 0. The molecule has 0 unspecified atom stereocenters. The maximum Gasteiger partial charge on any atom is 0.306 e. The SMILES string of the molecule is CC/C=C\C/C=C\C/C=C\C/C=C\CCCCC(=O)OC[C@H](COC(=O)CCCCCC/C=C\C/C=C\C/C=C\CCCCC)OC(=O)CCC/C=C\C/C=C\C/C=C\C/C=C\CCCCC. The molecule has 376 valence electrons. The van der Waals surface area contributed by atoms with E-state index in [1.54, 1.807) is 0 Å². The van der Waals surface area contributed by atoms with Crippen LogP contribution >= 0.6 is 0 Å². The summed E-state index contributed by atoms with van der Waals surface area (Å²) in [4.78, 5) is 38.0. The lowest BCUT2D eigenvalue weighted by molar-refractivity contribution is -0.167. The van der Waals surface area contributed by atoms with E-state index in [1.165, 1.54) is 51.4 Å². The van der Waals surface area contributed by atoms with E-state index in [0.717, 1.165) is 109 Å². The zero-order valence-electron chi connectivity index (χ0n) is 42.9. The minimum absolute atomic E-state index is 0.130. The molecule has 1 atom stereocenters. The molecule has 0 N–H and O–H groups in total. The molecule has 0 aliphatic heterocycles. The first-order chi connectivity index (χ1) is 33.0. The fourth-order valence-corrected chi connectivity index (χ4v) is 6.61. The molecule has 0 amide bonds. The van der Waals surface area contributed by atoms with Crippen LogP contribution in [0.3, 0.4) is 0 Å². The number of carbonyl (C=O) groups excluding carboxylic acids is 3. The molecule has 0 aliphatic carbocycles. The number of esters is 3. The van der Waals surface area contributed by atoms with Crippen molar-refractivity contribution in [1.82, 2.24) is 0 Å². The Hall–Kier alpha value is -4.45. The number of hydrogen-bond acceptors (Lipinski definition) is 6. The Kier molecular flexibility index (Phi) is 50.6. The second-order valence-corrected chi connectivity index (χ2v) is 17.0. The number of carbonyl (C=O) groups is 3. The highest BCUT2D eigenvalue weighted by Gasteiger charge is 2.19. The molecule has 0 fully saturated rings. The summed E-state index contributed by atoms with van der Waals surface area (Å²) in [6.07, 6.45) is 75.8. The van der Waals surface area contributed by atoms with E-state index in [4.69, 9.17) is 14.2 Å². The molecule has 6 heteroatoms. The van der Waals surface area contributed by atoms with Crippen molar-refractivity contribution in [2.24, 2.45) is 0 Å². The van der Waals surface area contributed by atoms with Crippen molar-refractivity contribution in [1.29, 1.82) is 0 Å². The van der Waals surface area contributed by atoms with Crippen LogP contribution in [0, 0.1) is 0 Å². The van der Waals surface area contributed by atoms with E-state index >= 15 is 0 Å². The molecular formula is C61H96O6. The average Bonchev–Trinajstić information content (AvgIpc) is 3.33. The van der Waals surface area contributed by atoms with Crippen LogP contribution in [0.5, 0.6) is 0 Å². The minimum atomic E-state index is -0.838. The lowest BCUT2D eigenvalue weighted by Gasteiger charge is -2.18. The summed E-state index contributed by atoms with van der Waals surface area (Å²) < 4.78 is 16.7. The molecule has 6 nitrogen and oxygen atoms in total. The molecule has 0 saturated heterocycles. The largest absolute Gasteiger partial charge is 0.462 e. The highest BCUT2D eigenvalue weighted by atomic mass is 16.6. The van der Waals surface area contributed by atoms with Gasteiger partial charge in [0, 0.05) is 19.3 Å². The summed E-state index contributed by atoms with van der Waals surface area (Å²) in [5, 5.41) is 0. The highest BCUT2D eigenvalue weighted by Crippen LogP contribution is 2.11. The molecule has 0 aliphatic rings. The van der Waals surface area contributed by atoms with Crippen LogP contribution in [-0.4, -0.2) is 37.2 Å². The zero-order chi connectivity index (χ0) is 48.6. The van der Waals surface area contributed by atoms with Gasteiger partial charge in [-0.2, -0.15) is 0 Å². The normalized spacial score (nSPS) is 13.2. The fraction of sp³-hybridized carbons (Fsp3) is 0.590. The van der Waals surface area contributed by atoms with E-state index in [9.17, 15) is 14.4 Å². The van der Waals surface area contributed by atoms with E-state index in [2.05, 4.69) is 154 Å². The minimum Gasteiger partial charge on any atom is -0.462 e. The van der Waals surface area contributed by atoms with Gasteiger partial charge < -0.3 is 14.2 Å². The van der Waals surface area contributed by atoms with E-state index in [0.29, 0.717) is 19.3 Å². The van der Waals surface area contributed by atoms with Crippen LogP contribution in [0.1, 0.15) is 213 Å². The zero-order valence-corrected chi connectivity index (χ0v) is 42.9. The third-order valence-electron chi connectivity index (χ3n) is 10.6. The molecule has 0 rings (SSSR count). The van der Waals surface area contributed by atoms with Crippen LogP contribution in [0.15, 0.2) is 134 Å². The lowest BCUT2D eigenvalue weighted by Crippen LogP contribution is -2.30. The molecular weight excluding hydrogens is 829 g/mol. The van der Waals surface area contributed by atoms with Crippen LogP contribution in [0.2, 0.25) is 0 Å². The van der Waals surface area contributed by atoms with Crippen LogP contribution in [-0.2, 0) is 28.6 Å². The van der Waals surface area contributed by atoms with Gasteiger partial charge in [-0.3, -0.25) is 14.4 Å². The third kappa shape index (κ3) is 52.4. The van der Waals surface area contributed by atoms with Gasteiger partial charge >= 0.3 is 17.9 Å².